The van der Waals surface area contributed by atoms with Crippen LogP contribution in [-0.4, -0.2) is 12.9 Å². The van der Waals surface area contributed by atoms with E-state index >= 15 is 0 Å². The number of carbonyl (C=O) groups excluding carboxylic acids is 1. The van der Waals surface area contributed by atoms with E-state index in [1.165, 1.54) is 12.1 Å². The van der Waals surface area contributed by atoms with Gasteiger partial charge < -0.3 is 14.5 Å². The maximum atomic E-state index is 13.6. The van der Waals surface area contributed by atoms with Crippen LogP contribution in [-0.2, 0) is 6.54 Å². The molecule has 0 radical (unpaired) electrons. The molecule has 5 aromatic rings. The third-order valence-corrected chi connectivity index (χ3v) is 5.73. The molecule has 5 heteroatoms. The fraction of sp³-hybridized carbons (Fsp3) is 0.0690. The highest BCUT2D eigenvalue weighted by Gasteiger charge is 2.23. The van der Waals surface area contributed by atoms with Crippen molar-refractivity contribution in [2.45, 2.75) is 6.54 Å². The highest BCUT2D eigenvalue weighted by molar-refractivity contribution is 6.19. The maximum Gasteiger partial charge on any atom is 0.197 e. The van der Waals surface area contributed by atoms with Crippen LogP contribution in [0.3, 0.4) is 0 Å². The third-order valence-electron chi connectivity index (χ3n) is 5.73. The number of furan rings is 1. The zero-order valence-electron chi connectivity index (χ0n) is 18.5. The third kappa shape index (κ3) is 4.28. The van der Waals surface area contributed by atoms with E-state index in [1.54, 1.807) is 31.4 Å². The van der Waals surface area contributed by atoms with Crippen molar-refractivity contribution >= 4 is 22.4 Å². The molecule has 4 nitrogen and oxygen atoms in total. The van der Waals surface area contributed by atoms with E-state index in [0.717, 1.165) is 28.0 Å². The second kappa shape index (κ2) is 9.24. The molecule has 5 rings (SSSR count). The van der Waals surface area contributed by atoms with Gasteiger partial charge >= 0.3 is 0 Å². The minimum Gasteiger partial charge on any atom is -0.497 e. The molecular weight excluding hydrogens is 429 g/mol. The van der Waals surface area contributed by atoms with E-state index < -0.39 is 0 Å². The van der Waals surface area contributed by atoms with E-state index in [9.17, 15) is 9.18 Å². The lowest BCUT2D eigenvalue weighted by Crippen LogP contribution is -2.04. The molecule has 0 fully saturated rings. The van der Waals surface area contributed by atoms with Gasteiger partial charge in [-0.15, -0.1) is 0 Å². The van der Waals surface area contributed by atoms with Crippen LogP contribution in [0.4, 0.5) is 10.1 Å². The summed E-state index contributed by atoms with van der Waals surface area (Å²) < 4.78 is 24.5. The number of hydrogen-bond donors (Lipinski definition) is 1. The number of rotatable bonds is 7. The molecule has 0 saturated heterocycles. The molecule has 1 heterocycles. The van der Waals surface area contributed by atoms with Crippen molar-refractivity contribution in [2.75, 3.05) is 12.4 Å². The topological polar surface area (TPSA) is 51.5 Å². The summed E-state index contributed by atoms with van der Waals surface area (Å²) in [6.45, 7) is 0.557. The Labute approximate surface area is 196 Å². The molecule has 0 unspecified atom stereocenters. The highest BCUT2D eigenvalue weighted by Crippen LogP contribution is 2.36. The number of benzene rings is 4. The molecule has 0 spiro atoms. The molecule has 0 atom stereocenters. The molecule has 0 aliphatic rings. The van der Waals surface area contributed by atoms with Gasteiger partial charge in [0.2, 0.25) is 0 Å². The van der Waals surface area contributed by atoms with Gasteiger partial charge in [0.15, 0.2) is 5.78 Å². The van der Waals surface area contributed by atoms with Crippen molar-refractivity contribution < 1.29 is 18.3 Å². The SMILES string of the molecule is COc1ccc(-c2oc3ccccc3c2C(=O)c2ccc(NCc3ccc(F)cc3)cc2)cc1. The van der Waals surface area contributed by atoms with E-state index in [4.69, 9.17) is 9.15 Å². The number of nitrogens with one attached hydrogen (secondary N) is 1. The van der Waals surface area contributed by atoms with Crippen molar-refractivity contribution in [1.29, 1.82) is 0 Å². The summed E-state index contributed by atoms with van der Waals surface area (Å²) in [6.07, 6.45) is 0. The van der Waals surface area contributed by atoms with Crippen LogP contribution in [0.5, 0.6) is 5.75 Å². The van der Waals surface area contributed by atoms with E-state index in [2.05, 4.69) is 5.32 Å². The number of methoxy groups -OCH3 is 1. The van der Waals surface area contributed by atoms with Crippen LogP contribution in [0.15, 0.2) is 101 Å². The lowest BCUT2D eigenvalue weighted by molar-refractivity contribution is 0.104. The molecule has 4 aromatic carbocycles. The van der Waals surface area contributed by atoms with Gasteiger partial charge in [0.25, 0.3) is 0 Å². The molecule has 168 valence electrons. The summed E-state index contributed by atoms with van der Waals surface area (Å²) in [5.74, 6) is 0.900. The van der Waals surface area contributed by atoms with Gasteiger partial charge in [0, 0.05) is 28.7 Å². The summed E-state index contributed by atoms with van der Waals surface area (Å²) in [5, 5.41) is 4.07. The number of ketones is 1. The Morgan fingerprint density at radius 2 is 1.59 bits per heavy atom. The van der Waals surface area contributed by atoms with Crippen molar-refractivity contribution in [3.8, 4) is 17.1 Å². The second-order valence-corrected chi connectivity index (χ2v) is 7.92. The number of ether oxygens (including phenoxy) is 1. The van der Waals surface area contributed by atoms with Crippen LogP contribution < -0.4 is 10.1 Å². The summed E-state index contributed by atoms with van der Waals surface area (Å²) >= 11 is 0. The normalized spacial score (nSPS) is 10.9. The average Bonchev–Trinajstić information content (AvgIpc) is 3.28. The second-order valence-electron chi connectivity index (χ2n) is 7.92. The van der Waals surface area contributed by atoms with Gasteiger partial charge in [0.05, 0.1) is 12.7 Å². The fourth-order valence-corrected chi connectivity index (χ4v) is 3.91. The zero-order valence-corrected chi connectivity index (χ0v) is 18.5. The maximum absolute atomic E-state index is 13.6. The number of anilines is 1. The van der Waals surface area contributed by atoms with Gasteiger partial charge in [0.1, 0.15) is 22.9 Å². The van der Waals surface area contributed by atoms with Crippen molar-refractivity contribution in [3.05, 3.63) is 120 Å². The quantitative estimate of drug-likeness (QED) is 0.268. The van der Waals surface area contributed by atoms with Gasteiger partial charge in [-0.3, -0.25) is 4.79 Å². The Bertz CT molecular complexity index is 1440. The van der Waals surface area contributed by atoms with Gasteiger partial charge in [-0.25, -0.2) is 4.39 Å². The average molecular weight is 451 g/mol. The minimum absolute atomic E-state index is 0.110. The van der Waals surface area contributed by atoms with Gasteiger partial charge in [-0.1, -0.05) is 30.3 Å². The first-order valence-electron chi connectivity index (χ1n) is 10.9. The zero-order chi connectivity index (χ0) is 23.5. The first-order chi connectivity index (χ1) is 16.6. The van der Waals surface area contributed by atoms with E-state index in [-0.39, 0.29) is 11.6 Å². The Kier molecular flexibility index (Phi) is 5.83. The number of halogens is 1. The van der Waals surface area contributed by atoms with Crippen LogP contribution >= 0.6 is 0 Å². The van der Waals surface area contributed by atoms with Crippen molar-refractivity contribution in [1.82, 2.24) is 0 Å². The number of para-hydroxylation sites is 1. The lowest BCUT2D eigenvalue weighted by Gasteiger charge is -2.08. The molecule has 1 N–H and O–H groups in total. The van der Waals surface area contributed by atoms with Crippen LogP contribution in [0, 0.1) is 5.82 Å². The van der Waals surface area contributed by atoms with Crippen LogP contribution in [0.1, 0.15) is 21.5 Å². The van der Waals surface area contributed by atoms with Crippen LogP contribution in [0.2, 0.25) is 0 Å². The smallest absolute Gasteiger partial charge is 0.197 e. The van der Waals surface area contributed by atoms with Crippen LogP contribution in [0.25, 0.3) is 22.3 Å². The molecule has 1 aromatic heterocycles. The molecule has 0 saturated carbocycles. The molecule has 0 aliphatic heterocycles. The standard InChI is InChI=1S/C29H22FNO3/c1-33-24-16-10-21(11-17-24)29-27(25-4-2-3-5-26(25)34-29)28(32)20-8-14-23(15-9-20)31-18-19-6-12-22(30)13-7-19/h2-17,31H,18H2,1H3. The van der Waals surface area contributed by atoms with Crippen molar-refractivity contribution in [3.63, 3.8) is 0 Å². The highest BCUT2D eigenvalue weighted by atomic mass is 19.1. The predicted molar refractivity (Wildman–Crippen MR) is 132 cm³/mol. The molecule has 0 aliphatic carbocycles. The number of fused-ring (bicyclic) bond motifs is 1. The number of hydrogen-bond acceptors (Lipinski definition) is 4. The monoisotopic (exact) mass is 451 g/mol. The van der Waals surface area contributed by atoms with Crippen molar-refractivity contribution in [2.24, 2.45) is 0 Å². The first-order valence-corrected chi connectivity index (χ1v) is 10.9. The first kappa shape index (κ1) is 21.5. The van der Waals surface area contributed by atoms with E-state index in [0.29, 0.717) is 29.0 Å². The number of carbonyl (C=O) groups is 1. The Morgan fingerprint density at radius 1 is 0.882 bits per heavy atom. The van der Waals surface area contributed by atoms with E-state index in [1.807, 2.05) is 60.7 Å². The summed E-state index contributed by atoms with van der Waals surface area (Å²) in [7, 11) is 1.61. The van der Waals surface area contributed by atoms with Gasteiger partial charge in [-0.05, 0) is 72.3 Å². The molecule has 0 amide bonds. The largest absolute Gasteiger partial charge is 0.497 e. The van der Waals surface area contributed by atoms with Gasteiger partial charge in [-0.2, -0.15) is 0 Å². The fourth-order valence-electron chi connectivity index (χ4n) is 3.91. The minimum atomic E-state index is -0.257. The molecule has 34 heavy (non-hydrogen) atoms. The Morgan fingerprint density at radius 3 is 2.29 bits per heavy atom. The lowest BCUT2D eigenvalue weighted by atomic mass is 9.97. The summed E-state index contributed by atoms with van der Waals surface area (Å²) in [4.78, 5) is 13.6. The predicted octanol–water partition coefficient (Wildman–Crippen LogP) is 7.09. The molecule has 0 bridgehead atoms. The Hall–Kier alpha value is -4.38. The summed E-state index contributed by atoms with van der Waals surface area (Å²) in [5.41, 5.74) is 4.40. The Balaban J connectivity index is 1.44. The summed E-state index contributed by atoms with van der Waals surface area (Å²) in [6, 6.07) is 28.7. The molecular formula is C29H22FNO3.